The minimum absolute atomic E-state index is 0.524. The van der Waals surface area contributed by atoms with Crippen molar-refractivity contribution >= 4 is 24.0 Å². The van der Waals surface area contributed by atoms with Crippen LogP contribution in [0.4, 0.5) is 0 Å². The SMILES string of the molecule is COCc1nc(-c2cccc(OC)c2)sc1CS. The second kappa shape index (κ2) is 6.22. The Morgan fingerprint density at radius 3 is 2.83 bits per heavy atom. The van der Waals surface area contributed by atoms with Gasteiger partial charge in [0.2, 0.25) is 0 Å². The number of aromatic nitrogens is 1. The van der Waals surface area contributed by atoms with E-state index in [9.17, 15) is 0 Å². The largest absolute Gasteiger partial charge is 0.497 e. The minimum Gasteiger partial charge on any atom is -0.497 e. The number of rotatable bonds is 5. The normalized spacial score (nSPS) is 10.6. The molecule has 1 heterocycles. The third-order valence-electron chi connectivity index (χ3n) is 2.52. The van der Waals surface area contributed by atoms with E-state index in [0.29, 0.717) is 12.4 Å². The van der Waals surface area contributed by atoms with E-state index < -0.39 is 0 Å². The van der Waals surface area contributed by atoms with E-state index in [1.807, 2.05) is 24.3 Å². The average Bonchev–Trinajstić information content (AvgIpc) is 2.82. The number of ether oxygens (including phenoxy) is 2. The van der Waals surface area contributed by atoms with E-state index in [4.69, 9.17) is 9.47 Å². The Labute approximate surface area is 116 Å². The average molecular weight is 281 g/mol. The van der Waals surface area contributed by atoms with E-state index in [-0.39, 0.29) is 0 Å². The standard InChI is InChI=1S/C13H15NO2S2/c1-15-7-11-12(8-17)18-13(14-11)9-4-3-5-10(6-9)16-2/h3-6,17H,7-8H2,1-2H3. The van der Waals surface area contributed by atoms with Crippen molar-refractivity contribution in [3.8, 4) is 16.3 Å². The molecule has 0 aliphatic heterocycles. The van der Waals surface area contributed by atoms with Crippen LogP contribution in [-0.2, 0) is 17.1 Å². The summed E-state index contributed by atoms with van der Waals surface area (Å²) in [5.74, 6) is 1.52. The topological polar surface area (TPSA) is 31.4 Å². The van der Waals surface area contributed by atoms with Crippen LogP contribution in [0.3, 0.4) is 0 Å². The number of hydrogen-bond acceptors (Lipinski definition) is 5. The molecule has 1 aromatic carbocycles. The van der Waals surface area contributed by atoms with Gasteiger partial charge in [-0.15, -0.1) is 11.3 Å². The Hall–Kier alpha value is -1.04. The van der Waals surface area contributed by atoms with Crippen molar-refractivity contribution in [2.45, 2.75) is 12.4 Å². The summed E-state index contributed by atoms with van der Waals surface area (Å²) in [5, 5.41) is 0.977. The molecule has 0 aliphatic carbocycles. The molecule has 0 saturated carbocycles. The summed E-state index contributed by atoms with van der Waals surface area (Å²) in [6.07, 6.45) is 0. The monoisotopic (exact) mass is 281 g/mol. The van der Waals surface area contributed by atoms with Gasteiger partial charge in [0, 0.05) is 23.3 Å². The van der Waals surface area contributed by atoms with Crippen molar-refractivity contribution in [1.29, 1.82) is 0 Å². The first-order valence-corrected chi connectivity index (χ1v) is 6.96. The summed E-state index contributed by atoms with van der Waals surface area (Å²) in [6, 6.07) is 7.90. The first kappa shape index (κ1) is 13.4. The molecule has 5 heteroatoms. The number of hydrogen-bond donors (Lipinski definition) is 1. The number of thiol groups is 1. The molecule has 0 spiro atoms. The van der Waals surface area contributed by atoms with Gasteiger partial charge < -0.3 is 9.47 Å². The Kier molecular flexibility index (Phi) is 4.63. The number of thiazole rings is 1. The summed E-state index contributed by atoms with van der Waals surface area (Å²) in [7, 11) is 3.34. The first-order valence-electron chi connectivity index (χ1n) is 5.51. The quantitative estimate of drug-likeness (QED) is 0.852. The Morgan fingerprint density at radius 1 is 1.33 bits per heavy atom. The predicted molar refractivity (Wildman–Crippen MR) is 77.5 cm³/mol. The molecule has 0 aliphatic rings. The molecule has 0 saturated heterocycles. The summed E-state index contributed by atoms with van der Waals surface area (Å²) in [5.41, 5.74) is 2.03. The van der Waals surface area contributed by atoms with E-state index >= 15 is 0 Å². The van der Waals surface area contributed by atoms with E-state index in [2.05, 4.69) is 17.6 Å². The summed E-state index contributed by atoms with van der Waals surface area (Å²) in [6.45, 7) is 0.524. The van der Waals surface area contributed by atoms with E-state index in [1.54, 1.807) is 25.6 Å². The number of nitrogens with zero attached hydrogens (tertiary/aromatic N) is 1. The minimum atomic E-state index is 0.524. The third-order valence-corrected chi connectivity index (χ3v) is 4.20. The van der Waals surface area contributed by atoms with Gasteiger partial charge in [-0.05, 0) is 12.1 Å². The zero-order valence-corrected chi connectivity index (χ0v) is 12.1. The lowest BCUT2D eigenvalue weighted by molar-refractivity contribution is 0.181. The zero-order chi connectivity index (χ0) is 13.0. The smallest absolute Gasteiger partial charge is 0.124 e. The molecule has 0 radical (unpaired) electrons. The van der Waals surface area contributed by atoms with Crippen LogP contribution < -0.4 is 4.74 Å². The van der Waals surface area contributed by atoms with Gasteiger partial charge >= 0.3 is 0 Å². The maximum atomic E-state index is 5.22. The Morgan fingerprint density at radius 2 is 2.17 bits per heavy atom. The Bertz CT molecular complexity index is 525. The molecule has 0 fully saturated rings. The van der Waals surface area contributed by atoms with Crippen LogP contribution in [0.25, 0.3) is 10.6 Å². The van der Waals surface area contributed by atoms with Gasteiger partial charge in [-0.2, -0.15) is 12.6 Å². The van der Waals surface area contributed by atoms with E-state index in [1.165, 1.54) is 0 Å². The fraction of sp³-hybridized carbons (Fsp3) is 0.308. The molecular weight excluding hydrogens is 266 g/mol. The molecule has 0 atom stereocenters. The molecule has 0 N–H and O–H groups in total. The number of benzene rings is 1. The fourth-order valence-corrected chi connectivity index (χ4v) is 2.93. The van der Waals surface area contributed by atoms with Gasteiger partial charge in [-0.1, -0.05) is 12.1 Å². The third kappa shape index (κ3) is 2.85. The summed E-state index contributed by atoms with van der Waals surface area (Å²) in [4.78, 5) is 5.76. The van der Waals surface area contributed by atoms with E-state index in [0.717, 1.165) is 26.9 Å². The van der Waals surface area contributed by atoms with Crippen molar-refractivity contribution in [2.75, 3.05) is 14.2 Å². The molecular formula is C13H15NO2S2. The van der Waals surface area contributed by atoms with Crippen LogP contribution in [0.1, 0.15) is 10.6 Å². The van der Waals surface area contributed by atoms with Crippen molar-refractivity contribution in [3.63, 3.8) is 0 Å². The first-order chi connectivity index (χ1) is 8.78. The molecule has 3 nitrogen and oxygen atoms in total. The van der Waals surface area contributed by atoms with Crippen LogP contribution >= 0.6 is 24.0 Å². The lowest BCUT2D eigenvalue weighted by atomic mass is 10.2. The molecule has 0 unspecified atom stereocenters. The van der Waals surface area contributed by atoms with Crippen molar-refractivity contribution in [2.24, 2.45) is 0 Å². The van der Waals surface area contributed by atoms with Crippen LogP contribution in [0.5, 0.6) is 5.75 Å². The highest BCUT2D eigenvalue weighted by Gasteiger charge is 2.11. The van der Waals surface area contributed by atoms with Crippen LogP contribution in [0.15, 0.2) is 24.3 Å². The van der Waals surface area contributed by atoms with Gasteiger partial charge in [0.25, 0.3) is 0 Å². The highest BCUT2D eigenvalue weighted by Crippen LogP contribution is 2.31. The summed E-state index contributed by atoms with van der Waals surface area (Å²) >= 11 is 5.98. The van der Waals surface area contributed by atoms with Crippen LogP contribution in [0.2, 0.25) is 0 Å². The molecule has 2 rings (SSSR count). The lowest BCUT2D eigenvalue weighted by Crippen LogP contribution is -1.91. The zero-order valence-electron chi connectivity index (χ0n) is 10.3. The molecule has 0 bridgehead atoms. The van der Waals surface area contributed by atoms with Gasteiger partial charge in [0.05, 0.1) is 19.4 Å². The second-order valence-electron chi connectivity index (χ2n) is 3.71. The molecule has 18 heavy (non-hydrogen) atoms. The van der Waals surface area contributed by atoms with Gasteiger partial charge in [-0.3, -0.25) is 0 Å². The fourth-order valence-electron chi connectivity index (χ4n) is 1.64. The highest BCUT2D eigenvalue weighted by molar-refractivity contribution is 7.79. The van der Waals surface area contributed by atoms with Crippen LogP contribution in [0, 0.1) is 0 Å². The second-order valence-corrected chi connectivity index (χ2v) is 5.11. The van der Waals surface area contributed by atoms with Gasteiger partial charge in [0.1, 0.15) is 10.8 Å². The molecule has 0 amide bonds. The van der Waals surface area contributed by atoms with Crippen molar-refractivity contribution < 1.29 is 9.47 Å². The van der Waals surface area contributed by atoms with Crippen molar-refractivity contribution in [1.82, 2.24) is 4.98 Å². The molecule has 96 valence electrons. The van der Waals surface area contributed by atoms with Crippen LogP contribution in [-0.4, -0.2) is 19.2 Å². The predicted octanol–water partition coefficient (Wildman–Crippen LogP) is 3.39. The molecule has 2 aromatic rings. The number of methoxy groups -OCH3 is 2. The maximum absolute atomic E-state index is 5.22. The lowest BCUT2D eigenvalue weighted by Gasteiger charge is -2.01. The maximum Gasteiger partial charge on any atom is 0.124 e. The summed E-state index contributed by atoms with van der Waals surface area (Å²) < 4.78 is 10.4. The Balaban J connectivity index is 2.37. The van der Waals surface area contributed by atoms with Gasteiger partial charge in [0.15, 0.2) is 0 Å². The van der Waals surface area contributed by atoms with Crippen molar-refractivity contribution in [3.05, 3.63) is 34.8 Å². The van der Waals surface area contributed by atoms with Gasteiger partial charge in [-0.25, -0.2) is 4.98 Å². The molecule has 1 aromatic heterocycles. The highest BCUT2D eigenvalue weighted by atomic mass is 32.1.